The minimum Gasteiger partial charge on any atom is -0.496 e. The average molecular weight is 274 g/mol. The van der Waals surface area contributed by atoms with Gasteiger partial charge in [0.2, 0.25) is 0 Å². The minimum absolute atomic E-state index is 0.450. The molecule has 0 spiro atoms. The van der Waals surface area contributed by atoms with E-state index in [1.54, 1.807) is 7.11 Å². The number of fused-ring (bicyclic) bond motifs is 2. The van der Waals surface area contributed by atoms with E-state index in [4.69, 9.17) is 9.47 Å². The van der Waals surface area contributed by atoms with Crippen molar-refractivity contribution in [1.82, 2.24) is 0 Å². The molecule has 0 aliphatic carbocycles. The fourth-order valence-electron chi connectivity index (χ4n) is 2.33. The summed E-state index contributed by atoms with van der Waals surface area (Å²) in [6.45, 7) is 4.51. The number of benzene rings is 1. The van der Waals surface area contributed by atoms with E-state index in [1.807, 2.05) is 38.1 Å². The van der Waals surface area contributed by atoms with Crippen molar-refractivity contribution in [3.8, 4) is 11.5 Å². The highest BCUT2D eigenvalue weighted by molar-refractivity contribution is 5.41. The van der Waals surface area contributed by atoms with Crippen LogP contribution in [0.2, 0.25) is 0 Å². The summed E-state index contributed by atoms with van der Waals surface area (Å²) >= 11 is 0. The van der Waals surface area contributed by atoms with Crippen molar-refractivity contribution in [3.63, 3.8) is 0 Å². The maximum atomic E-state index is 10.00. The molecule has 0 aromatic heterocycles. The SMILES string of the molecule is COc1ccc2cc1C/C=C(\C)C[C@H](O)/C=C(\C)CO2. The third-order valence-corrected chi connectivity index (χ3v) is 3.40. The molecular weight excluding hydrogens is 252 g/mol. The molecule has 1 aromatic rings. The van der Waals surface area contributed by atoms with Crippen molar-refractivity contribution in [2.45, 2.75) is 32.8 Å². The molecule has 2 rings (SSSR count). The fourth-order valence-corrected chi connectivity index (χ4v) is 2.33. The van der Waals surface area contributed by atoms with E-state index in [-0.39, 0.29) is 0 Å². The number of hydrogen-bond donors (Lipinski definition) is 1. The molecule has 2 bridgehead atoms. The Morgan fingerprint density at radius 1 is 1.25 bits per heavy atom. The highest BCUT2D eigenvalue weighted by Gasteiger charge is 2.08. The molecule has 0 unspecified atom stereocenters. The van der Waals surface area contributed by atoms with Crippen LogP contribution in [0.1, 0.15) is 25.8 Å². The molecule has 1 aromatic carbocycles. The molecule has 3 nitrogen and oxygen atoms in total. The van der Waals surface area contributed by atoms with Crippen LogP contribution in [-0.2, 0) is 6.42 Å². The van der Waals surface area contributed by atoms with Gasteiger partial charge in [-0.25, -0.2) is 0 Å². The molecule has 0 saturated carbocycles. The van der Waals surface area contributed by atoms with Crippen molar-refractivity contribution in [3.05, 3.63) is 47.1 Å². The van der Waals surface area contributed by atoms with Gasteiger partial charge in [0.05, 0.1) is 13.2 Å². The van der Waals surface area contributed by atoms with Gasteiger partial charge >= 0.3 is 0 Å². The molecular formula is C17H22O3. The predicted molar refractivity (Wildman–Crippen MR) is 80.3 cm³/mol. The second-order valence-electron chi connectivity index (χ2n) is 5.30. The summed E-state index contributed by atoms with van der Waals surface area (Å²) in [6, 6.07) is 5.87. The topological polar surface area (TPSA) is 38.7 Å². The van der Waals surface area contributed by atoms with E-state index < -0.39 is 6.10 Å². The van der Waals surface area contributed by atoms with E-state index in [2.05, 4.69) is 6.08 Å². The molecule has 20 heavy (non-hydrogen) atoms. The summed E-state index contributed by atoms with van der Waals surface area (Å²) < 4.78 is 11.1. The molecule has 0 radical (unpaired) electrons. The monoisotopic (exact) mass is 274 g/mol. The number of ether oxygens (including phenoxy) is 2. The van der Waals surface area contributed by atoms with Crippen LogP contribution in [0.3, 0.4) is 0 Å². The second-order valence-corrected chi connectivity index (χ2v) is 5.30. The molecule has 0 saturated heterocycles. The first-order chi connectivity index (χ1) is 9.58. The van der Waals surface area contributed by atoms with Crippen LogP contribution in [0.4, 0.5) is 0 Å². The van der Waals surface area contributed by atoms with Crippen LogP contribution < -0.4 is 9.47 Å². The average Bonchev–Trinajstić information content (AvgIpc) is 2.41. The Morgan fingerprint density at radius 2 is 2.05 bits per heavy atom. The van der Waals surface area contributed by atoms with Gasteiger partial charge in [0.25, 0.3) is 0 Å². The van der Waals surface area contributed by atoms with Gasteiger partial charge in [-0.1, -0.05) is 17.7 Å². The lowest BCUT2D eigenvalue weighted by atomic mass is 10.0. The number of hydrogen-bond acceptors (Lipinski definition) is 3. The van der Waals surface area contributed by atoms with Gasteiger partial charge in [-0.2, -0.15) is 0 Å². The van der Waals surface area contributed by atoms with E-state index in [9.17, 15) is 5.11 Å². The standard InChI is InChI=1S/C17H22O3/c1-12-4-5-14-10-16(6-7-17(14)19-3)20-11-13(2)9-15(18)8-12/h4,6-7,9-10,15,18H,5,8,11H2,1-3H3/b12-4+,13-9+/t15-/m0/s1. The third kappa shape index (κ3) is 3.87. The molecule has 1 aliphatic rings. The van der Waals surface area contributed by atoms with Gasteiger partial charge in [0.1, 0.15) is 18.1 Å². The molecule has 0 amide bonds. The first-order valence-corrected chi connectivity index (χ1v) is 6.89. The van der Waals surface area contributed by atoms with Crippen LogP contribution in [0, 0.1) is 0 Å². The van der Waals surface area contributed by atoms with Crippen molar-refractivity contribution in [1.29, 1.82) is 0 Å². The summed E-state index contributed by atoms with van der Waals surface area (Å²) in [6.07, 6.45) is 4.98. The normalized spacial score (nSPS) is 25.1. The molecule has 0 fully saturated rings. The Hall–Kier alpha value is -1.74. The van der Waals surface area contributed by atoms with Crippen molar-refractivity contribution in [2.24, 2.45) is 0 Å². The molecule has 1 heterocycles. The molecule has 108 valence electrons. The number of aliphatic hydroxyl groups is 1. The van der Waals surface area contributed by atoms with Gasteiger partial charge in [0.15, 0.2) is 0 Å². The lowest BCUT2D eigenvalue weighted by Crippen LogP contribution is -2.08. The van der Waals surface area contributed by atoms with Crippen molar-refractivity contribution in [2.75, 3.05) is 13.7 Å². The van der Waals surface area contributed by atoms with E-state index in [0.717, 1.165) is 29.1 Å². The third-order valence-electron chi connectivity index (χ3n) is 3.40. The van der Waals surface area contributed by atoms with Crippen molar-refractivity contribution < 1.29 is 14.6 Å². The lowest BCUT2D eigenvalue weighted by molar-refractivity contribution is 0.221. The van der Waals surface area contributed by atoms with Crippen LogP contribution in [0.5, 0.6) is 11.5 Å². The first kappa shape index (κ1) is 14.7. The van der Waals surface area contributed by atoms with Gasteiger partial charge in [-0.15, -0.1) is 0 Å². The zero-order chi connectivity index (χ0) is 14.5. The summed E-state index contributed by atoms with van der Waals surface area (Å²) in [7, 11) is 1.68. The molecule has 1 N–H and O–H groups in total. The van der Waals surface area contributed by atoms with Gasteiger partial charge in [0, 0.05) is 5.56 Å². The lowest BCUT2D eigenvalue weighted by Gasteiger charge is -2.14. The quantitative estimate of drug-likeness (QED) is 0.799. The van der Waals surface area contributed by atoms with Crippen molar-refractivity contribution >= 4 is 0 Å². The second kappa shape index (κ2) is 6.62. The largest absolute Gasteiger partial charge is 0.496 e. The molecule has 3 heteroatoms. The summed E-state index contributed by atoms with van der Waals surface area (Å²) in [4.78, 5) is 0. The molecule has 1 atom stereocenters. The summed E-state index contributed by atoms with van der Waals surface area (Å²) in [5.74, 6) is 1.70. The van der Waals surface area contributed by atoms with Crippen LogP contribution in [0.25, 0.3) is 0 Å². The smallest absolute Gasteiger partial charge is 0.122 e. The van der Waals surface area contributed by atoms with Crippen LogP contribution in [-0.4, -0.2) is 24.9 Å². The highest BCUT2D eigenvalue weighted by Crippen LogP contribution is 2.26. The first-order valence-electron chi connectivity index (χ1n) is 6.89. The predicted octanol–water partition coefficient (Wildman–Crippen LogP) is 3.27. The number of aliphatic hydroxyl groups excluding tert-OH is 1. The van der Waals surface area contributed by atoms with Crippen LogP contribution >= 0.6 is 0 Å². The van der Waals surface area contributed by atoms with Gasteiger partial charge in [-0.05, 0) is 50.5 Å². The fraction of sp³-hybridized carbons (Fsp3) is 0.412. The highest BCUT2D eigenvalue weighted by atomic mass is 16.5. The van der Waals surface area contributed by atoms with Gasteiger partial charge in [-0.3, -0.25) is 0 Å². The van der Waals surface area contributed by atoms with Gasteiger partial charge < -0.3 is 14.6 Å². The number of allylic oxidation sites excluding steroid dienone is 1. The Bertz CT molecular complexity index is 529. The summed E-state index contributed by atoms with van der Waals surface area (Å²) in [5, 5.41) is 10.00. The summed E-state index contributed by atoms with van der Waals surface area (Å²) in [5.41, 5.74) is 3.31. The Balaban J connectivity index is 2.34. The van der Waals surface area contributed by atoms with E-state index in [1.165, 1.54) is 5.57 Å². The zero-order valence-electron chi connectivity index (χ0n) is 12.3. The Morgan fingerprint density at radius 3 is 2.80 bits per heavy atom. The Labute approximate surface area is 120 Å². The Kier molecular flexibility index (Phi) is 4.85. The maximum Gasteiger partial charge on any atom is 0.122 e. The van der Waals surface area contributed by atoms with E-state index in [0.29, 0.717) is 13.0 Å². The van der Waals surface area contributed by atoms with Crippen LogP contribution in [0.15, 0.2) is 41.5 Å². The zero-order valence-corrected chi connectivity index (χ0v) is 12.3. The maximum absolute atomic E-state index is 10.00. The minimum atomic E-state index is -0.450. The molecule has 1 aliphatic heterocycles. The number of rotatable bonds is 1. The van der Waals surface area contributed by atoms with E-state index >= 15 is 0 Å². The number of methoxy groups -OCH3 is 1.